The molecule has 0 unspecified atom stereocenters. The number of likely N-dealkylation sites (tertiary alicyclic amines) is 1. The number of anilines is 1. The summed E-state index contributed by atoms with van der Waals surface area (Å²) in [7, 11) is 1.86. The van der Waals surface area contributed by atoms with Crippen molar-refractivity contribution in [2.24, 2.45) is 12.5 Å². The first kappa shape index (κ1) is 21.2. The molecule has 2 aliphatic heterocycles. The Kier molecular flexibility index (Phi) is 5.53. The molecule has 3 aliphatic rings. The van der Waals surface area contributed by atoms with E-state index in [1.54, 1.807) is 16.9 Å². The summed E-state index contributed by atoms with van der Waals surface area (Å²) >= 11 is 0. The topological polar surface area (TPSA) is 66.7 Å². The van der Waals surface area contributed by atoms with E-state index in [1.165, 1.54) is 19.0 Å². The smallest absolute Gasteiger partial charge is 0.409 e. The number of nitrogens with zero attached hydrogens (tertiary/aromatic N) is 6. The molecular weight excluding hydrogens is 411 g/mol. The number of hydrogen-bond acceptors (Lipinski definition) is 6. The normalized spacial score (nSPS) is 22.9. The lowest BCUT2D eigenvalue weighted by atomic mass is 9.78. The van der Waals surface area contributed by atoms with Crippen LogP contribution < -0.4 is 4.90 Å². The Morgan fingerprint density at radius 1 is 1.25 bits per heavy atom. The van der Waals surface area contributed by atoms with Crippen molar-refractivity contribution in [1.29, 1.82) is 0 Å². The minimum absolute atomic E-state index is 0.175. The predicted octanol–water partition coefficient (Wildman–Crippen LogP) is 2.75. The first-order chi connectivity index (χ1) is 15.5. The number of amides is 1. The summed E-state index contributed by atoms with van der Waals surface area (Å²) in [6, 6.07) is 2.12. The highest BCUT2D eigenvalue weighted by Gasteiger charge is 2.51. The summed E-state index contributed by atoms with van der Waals surface area (Å²) in [5.41, 5.74) is 1.95. The van der Waals surface area contributed by atoms with Crippen LogP contribution in [0.25, 0.3) is 11.1 Å². The first-order valence-electron chi connectivity index (χ1n) is 11.5. The van der Waals surface area contributed by atoms with E-state index in [0.717, 1.165) is 62.6 Å². The van der Waals surface area contributed by atoms with E-state index in [0.29, 0.717) is 12.6 Å². The molecule has 2 aromatic heterocycles. The SMILES string of the molecule is CCOC(=O)N1CC2(CC[C@@H](N3CCN(c4ncc(F)cc4-c4cnn(C)c4)CC3)C2)C1. The van der Waals surface area contributed by atoms with Crippen molar-refractivity contribution < 1.29 is 13.9 Å². The van der Waals surface area contributed by atoms with E-state index in [2.05, 4.69) is 19.9 Å². The minimum atomic E-state index is -0.333. The van der Waals surface area contributed by atoms with Crippen molar-refractivity contribution in [3.63, 3.8) is 0 Å². The van der Waals surface area contributed by atoms with Gasteiger partial charge in [-0.2, -0.15) is 5.10 Å². The highest BCUT2D eigenvalue weighted by Crippen LogP contribution is 2.47. The molecule has 9 heteroatoms. The van der Waals surface area contributed by atoms with Crippen molar-refractivity contribution in [3.05, 3.63) is 30.5 Å². The van der Waals surface area contributed by atoms with Gasteiger partial charge in [-0.05, 0) is 32.3 Å². The maximum Gasteiger partial charge on any atom is 0.409 e. The molecule has 1 atom stereocenters. The quantitative estimate of drug-likeness (QED) is 0.726. The molecule has 172 valence electrons. The van der Waals surface area contributed by atoms with Gasteiger partial charge in [0.25, 0.3) is 0 Å². The Morgan fingerprint density at radius 2 is 2.03 bits per heavy atom. The number of rotatable bonds is 4. The van der Waals surface area contributed by atoms with Gasteiger partial charge in [-0.15, -0.1) is 0 Å². The lowest BCUT2D eigenvalue weighted by Crippen LogP contribution is -2.58. The van der Waals surface area contributed by atoms with Crippen LogP contribution in [0.1, 0.15) is 26.2 Å². The summed E-state index contributed by atoms with van der Waals surface area (Å²) in [4.78, 5) is 23.1. The standard InChI is InChI=1S/C23H31FN6O2/c1-3-32-22(31)30-15-23(16-30)5-4-19(11-23)28-6-8-29(9-7-28)21-20(10-18(24)13-25-21)17-12-26-27(2)14-17/h10,12-14,19H,3-9,11,15-16H2,1-2H3/t19-/m1/s1. The average molecular weight is 443 g/mol. The van der Waals surface area contributed by atoms with Gasteiger partial charge in [-0.3, -0.25) is 9.58 Å². The zero-order valence-electron chi connectivity index (χ0n) is 18.8. The van der Waals surface area contributed by atoms with Crippen LogP contribution in [-0.2, 0) is 11.8 Å². The molecule has 32 heavy (non-hydrogen) atoms. The Morgan fingerprint density at radius 3 is 2.72 bits per heavy atom. The van der Waals surface area contributed by atoms with Crippen LogP contribution in [0.2, 0.25) is 0 Å². The third-order valence-electron chi connectivity index (χ3n) is 7.23. The molecule has 5 rings (SSSR count). The molecule has 8 nitrogen and oxygen atoms in total. The molecule has 1 saturated carbocycles. The Balaban J connectivity index is 1.20. The van der Waals surface area contributed by atoms with E-state index in [1.807, 2.05) is 25.1 Å². The van der Waals surface area contributed by atoms with Crippen LogP contribution in [0.5, 0.6) is 0 Å². The number of hydrogen-bond donors (Lipinski definition) is 0. The van der Waals surface area contributed by atoms with Crippen molar-refractivity contribution in [1.82, 2.24) is 24.6 Å². The maximum atomic E-state index is 14.0. The third kappa shape index (κ3) is 3.94. The fraction of sp³-hybridized carbons (Fsp3) is 0.609. The van der Waals surface area contributed by atoms with E-state index in [-0.39, 0.29) is 17.3 Å². The fourth-order valence-electron chi connectivity index (χ4n) is 5.64. The predicted molar refractivity (Wildman–Crippen MR) is 119 cm³/mol. The summed E-state index contributed by atoms with van der Waals surface area (Å²) in [6.45, 7) is 7.60. The lowest BCUT2D eigenvalue weighted by Gasteiger charge is -2.48. The summed E-state index contributed by atoms with van der Waals surface area (Å²) in [5, 5.41) is 4.23. The van der Waals surface area contributed by atoms with Crippen molar-refractivity contribution in [2.45, 2.75) is 32.2 Å². The number of ether oxygens (including phenoxy) is 1. The van der Waals surface area contributed by atoms with Gasteiger partial charge in [0, 0.05) is 75.1 Å². The number of aromatic nitrogens is 3. The molecule has 3 fully saturated rings. The average Bonchev–Trinajstić information content (AvgIpc) is 3.40. The highest BCUT2D eigenvalue weighted by atomic mass is 19.1. The Bertz CT molecular complexity index is 981. The monoisotopic (exact) mass is 442 g/mol. The van der Waals surface area contributed by atoms with E-state index in [9.17, 15) is 9.18 Å². The van der Waals surface area contributed by atoms with Gasteiger partial charge < -0.3 is 14.5 Å². The lowest BCUT2D eigenvalue weighted by molar-refractivity contribution is -0.00294. The number of halogens is 1. The molecule has 1 amide bonds. The first-order valence-corrected chi connectivity index (χ1v) is 11.5. The molecule has 1 spiro atoms. The van der Waals surface area contributed by atoms with Gasteiger partial charge in [0.2, 0.25) is 0 Å². The summed E-state index contributed by atoms with van der Waals surface area (Å²) < 4.78 is 20.8. The summed E-state index contributed by atoms with van der Waals surface area (Å²) in [5.74, 6) is 0.492. The molecule has 0 bridgehead atoms. The number of piperazine rings is 1. The molecule has 2 aromatic rings. The van der Waals surface area contributed by atoms with Crippen LogP contribution in [0.15, 0.2) is 24.7 Å². The molecule has 0 N–H and O–H groups in total. The van der Waals surface area contributed by atoms with Crippen LogP contribution in [-0.4, -0.2) is 82.6 Å². The number of pyridine rings is 1. The number of carbonyl (C=O) groups is 1. The Hall–Kier alpha value is -2.68. The van der Waals surface area contributed by atoms with Gasteiger partial charge in [0.15, 0.2) is 0 Å². The zero-order valence-corrected chi connectivity index (χ0v) is 18.8. The summed E-state index contributed by atoms with van der Waals surface area (Å²) in [6.07, 6.45) is 8.29. The van der Waals surface area contributed by atoms with Gasteiger partial charge in [-0.25, -0.2) is 14.2 Å². The molecule has 0 radical (unpaired) electrons. The van der Waals surface area contributed by atoms with Gasteiger partial charge in [-0.1, -0.05) is 0 Å². The molecule has 0 aromatic carbocycles. The number of carbonyl (C=O) groups excluding carboxylic acids is 1. The van der Waals surface area contributed by atoms with Crippen molar-refractivity contribution >= 4 is 11.9 Å². The van der Waals surface area contributed by atoms with Crippen LogP contribution in [0.4, 0.5) is 15.0 Å². The minimum Gasteiger partial charge on any atom is -0.450 e. The zero-order chi connectivity index (χ0) is 22.3. The van der Waals surface area contributed by atoms with Gasteiger partial charge in [0.05, 0.1) is 19.0 Å². The maximum absolute atomic E-state index is 14.0. The number of aryl methyl sites for hydroxylation is 1. The van der Waals surface area contributed by atoms with Crippen molar-refractivity contribution in [2.75, 3.05) is 50.8 Å². The third-order valence-corrected chi connectivity index (χ3v) is 7.23. The molecule has 2 saturated heterocycles. The highest BCUT2D eigenvalue weighted by molar-refractivity contribution is 5.75. The van der Waals surface area contributed by atoms with Crippen LogP contribution in [0, 0.1) is 11.2 Å². The van der Waals surface area contributed by atoms with Crippen molar-refractivity contribution in [3.8, 4) is 11.1 Å². The van der Waals surface area contributed by atoms with Crippen LogP contribution in [0.3, 0.4) is 0 Å². The fourth-order valence-corrected chi connectivity index (χ4v) is 5.64. The molecular formula is C23H31FN6O2. The van der Waals surface area contributed by atoms with E-state index >= 15 is 0 Å². The second-order valence-corrected chi connectivity index (χ2v) is 9.40. The van der Waals surface area contributed by atoms with Gasteiger partial charge >= 0.3 is 6.09 Å². The second-order valence-electron chi connectivity index (χ2n) is 9.40. The van der Waals surface area contributed by atoms with Gasteiger partial charge in [0.1, 0.15) is 11.6 Å². The molecule has 1 aliphatic carbocycles. The van der Waals surface area contributed by atoms with E-state index in [4.69, 9.17) is 4.74 Å². The molecule has 4 heterocycles. The second kappa shape index (κ2) is 8.35. The van der Waals surface area contributed by atoms with E-state index < -0.39 is 0 Å². The largest absolute Gasteiger partial charge is 0.450 e. The Labute approximate surface area is 187 Å². The van der Waals surface area contributed by atoms with Crippen LogP contribution >= 0.6 is 0 Å².